The molecule has 0 heterocycles. The van der Waals surface area contributed by atoms with E-state index in [9.17, 15) is 9.90 Å². The molecule has 1 unspecified atom stereocenters. The molecule has 0 saturated carbocycles. The number of aliphatic carboxylic acids is 1. The second-order valence-corrected chi connectivity index (χ2v) is 4.75. The molecule has 2 rings (SSSR count). The largest absolute Gasteiger partial charge is 0.478 e. The first-order valence-electron chi connectivity index (χ1n) is 5.80. The average molecular weight is 274 g/mol. The lowest BCUT2D eigenvalue weighted by Crippen LogP contribution is -2.18. The maximum atomic E-state index is 11.4. The van der Waals surface area contributed by atoms with Crippen LogP contribution in [0.2, 0.25) is 0 Å². The Morgan fingerprint density at radius 2 is 1.74 bits per heavy atom. The van der Waals surface area contributed by atoms with Crippen LogP contribution in [0, 0.1) is 0 Å². The van der Waals surface area contributed by atoms with Crippen LogP contribution in [-0.2, 0) is 4.79 Å². The van der Waals surface area contributed by atoms with E-state index in [0.717, 1.165) is 4.90 Å². The molecule has 0 fully saturated rings. The maximum absolute atomic E-state index is 11.4. The standard InChI is InChI=1S/C15H14O3S/c1-19-13-10-6-5-9-12(13)18-14(15(16)17)11-7-3-2-4-8-11/h2-10,14H,1H3,(H,16,17). The van der Waals surface area contributed by atoms with Crippen molar-refractivity contribution in [2.75, 3.05) is 6.26 Å². The van der Waals surface area contributed by atoms with Crippen LogP contribution in [0.25, 0.3) is 0 Å². The Bertz CT molecular complexity index is 554. The van der Waals surface area contributed by atoms with Crippen molar-refractivity contribution in [1.29, 1.82) is 0 Å². The highest BCUT2D eigenvalue weighted by Gasteiger charge is 2.22. The summed E-state index contributed by atoms with van der Waals surface area (Å²) in [5.74, 6) is -0.409. The van der Waals surface area contributed by atoms with Crippen molar-refractivity contribution in [3.8, 4) is 5.75 Å². The lowest BCUT2D eigenvalue weighted by Gasteiger charge is -2.17. The highest BCUT2D eigenvalue weighted by Crippen LogP contribution is 2.31. The highest BCUT2D eigenvalue weighted by molar-refractivity contribution is 7.98. The minimum Gasteiger partial charge on any atom is -0.478 e. The summed E-state index contributed by atoms with van der Waals surface area (Å²) >= 11 is 1.53. The summed E-state index contributed by atoms with van der Waals surface area (Å²) in [6.45, 7) is 0. The van der Waals surface area contributed by atoms with E-state index in [2.05, 4.69) is 0 Å². The quantitative estimate of drug-likeness (QED) is 0.846. The van der Waals surface area contributed by atoms with Crippen LogP contribution in [0.3, 0.4) is 0 Å². The molecule has 0 spiro atoms. The Hall–Kier alpha value is -1.94. The van der Waals surface area contributed by atoms with Crippen molar-refractivity contribution in [2.45, 2.75) is 11.0 Å². The molecule has 2 aromatic carbocycles. The third kappa shape index (κ3) is 3.29. The highest BCUT2D eigenvalue weighted by atomic mass is 32.2. The summed E-state index contributed by atoms with van der Waals surface area (Å²) in [7, 11) is 0. The number of para-hydroxylation sites is 1. The Balaban J connectivity index is 2.30. The van der Waals surface area contributed by atoms with Crippen molar-refractivity contribution in [3.63, 3.8) is 0 Å². The van der Waals surface area contributed by atoms with Gasteiger partial charge in [-0.15, -0.1) is 11.8 Å². The first-order chi connectivity index (χ1) is 9.22. The van der Waals surface area contributed by atoms with E-state index in [4.69, 9.17) is 4.74 Å². The number of carboxylic acid groups (broad SMARTS) is 1. The van der Waals surface area contributed by atoms with Gasteiger partial charge in [-0.3, -0.25) is 0 Å². The van der Waals surface area contributed by atoms with Gasteiger partial charge in [-0.25, -0.2) is 4.79 Å². The third-order valence-electron chi connectivity index (χ3n) is 2.64. The smallest absolute Gasteiger partial charge is 0.349 e. The predicted octanol–water partition coefficient (Wildman–Crippen LogP) is 3.61. The predicted molar refractivity (Wildman–Crippen MR) is 75.7 cm³/mol. The molecule has 0 radical (unpaired) electrons. The average Bonchev–Trinajstić information content (AvgIpc) is 2.45. The zero-order chi connectivity index (χ0) is 13.7. The van der Waals surface area contributed by atoms with Gasteiger partial charge in [0.15, 0.2) is 0 Å². The fourth-order valence-corrected chi connectivity index (χ4v) is 2.26. The molecule has 19 heavy (non-hydrogen) atoms. The van der Waals surface area contributed by atoms with Crippen molar-refractivity contribution < 1.29 is 14.6 Å². The lowest BCUT2D eigenvalue weighted by molar-refractivity contribution is -0.145. The zero-order valence-electron chi connectivity index (χ0n) is 10.4. The van der Waals surface area contributed by atoms with Gasteiger partial charge in [0, 0.05) is 10.5 Å². The van der Waals surface area contributed by atoms with E-state index in [1.165, 1.54) is 11.8 Å². The summed E-state index contributed by atoms with van der Waals surface area (Å²) in [6, 6.07) is 16.4. The fraction of sp³-hybridized carbons (Fsp3) is 0.133. The number of ether oxygens (including phenoxy) is 1. The molecule has 0 aliphatic carbocycles. The van der Waals surface area contributed by atoms with E-state index in [-0.39, 0.29) is 0 Å². The van der Waals surface area contributed by atoms with Gasteiger partial charge in [0.25, 0.3) is 0 Å². The minimum absolute atomic E-state index is 0.589. The molecule has 0 aromatic heterocycles. The van der Waals surface area contributed by atoms with Gasteiger partial charge in [-0.2, -0.15) is 0 Å². The number of rotatable bonds is 5. The van der Waals surface area contributed by atoms with Gasteiger partial charge < -0.3 is 9.84 Å². The SMILES string of the molecule is CSc1ccccc1OC(C(=O)O)c1ccccc1. The molecule has 3 nitrogen and oxygen atoms in total. The third-order valence-corrected chi connectivity index (χ3v) is 3.42. The van der Waals surface area contributed by atoms with E-state index in [1.807, 2.05) is 30.5 Å². The fourth-order valence-electron chi connectivity index (χ4n) is 1.73. The number of hydrogen-bond donors (Lipinski definition) is 1. The minimum atomic E-state index is -0.998. The number of thioether (sulfide) groups is 1. The molecule has 2 aromatic rings. The van der Waals surface area contributed by atoms with Crippen molar-refractivity contribution in [1.82, 2.24) is 0 Å². The zero-order valence-corrected chi connectivity index (χ0v) is 11.3. The molecule has 4 heteroatoms. The molecule has 0 aliphatic rings. The first kappa shape index (κ1) is 13.5. The molecule has 0 amide bonds. The van der Waals surface area contributed by atoms with Gasteiger partial charge in [-0.1, -0.05) is 42.5 Å². The number of carboxylic acids is 1. The van der Waals surface area contributed by atoms with Crippen molar-refractivity contribution in [2.24, 2.45) is 0 Å². The summed E-state index contributed by atoms with van der Waals surface area (Å²) in [5.41, 5.74) is 0.630. The first-order valence-corrected chi connectivity index (χ1v) is 7.02. The second-order valence-electron chi connectivity index (χ2n) is 3.90. The van der Waals surface area contributed by atoms with E-state index < -0.39 is 12.1 Å². The van der Waals surface area contributed by atoms with Gasteiger partial charge in [0.05, 0.1) is 0 Å². The summed E-state index contributed by atoms with van der Waals surface area (Å²) in [5, 5.41) is 9.32. The lowest BCUT2D eigenvalue weighted by atomic mass is 10.1. The Morgan fingerprint density at radius 1 is 1.11 bits per heavy atom. The van der Waals surface area contributed by atoms with Gasteiger partial charge >= 0.3 is 5.97 Å². The van der Waals surface area contributed by atoms with Crippen LogP contribution in [0.4, 0.5) is 0 Å². The molecule has 98 valence electrons. The molecule has 0 bridgehead atoms. The topological polar surface area (TPSA) is 46.5 Å². The Morgan fingerprint density at radius 3 is 2.37 bits per heavy atom. The van der Waals surface area contributed by atoms with Gasteiger partial charge in [0.1, 0.15) is 5.75 Å². The van der Waals surface area contributed by atoms with Crippen LogP contribution < -0.4 is 4.74 Å². The number of benzene rings is 2. The van der Waals surface area contributed by atoms with Crippen LogP contribution in [-0.4, -0.2) is 17.3 Å². The van der Waals surface area contributed by atoms with Crippen molar-refractivity contribution >= 4 is 17.7 Å². The summed E-state index contributed by atoms with van der Waals surface area (Å²) in [4.78, 5) is 12.3. The maximum Gasteiger partial charge on any atom is 0.349 e. The second kappa shape index (κ2) is 6.29. The summed E-state index contributed by atoms with van der Waals surface area (Å²) < 4.78 is 5.66. The Kier molecular flexibility index (Phi) is 4.47. The molecule has 1 N–H and O–H groups in total. The van der Waals surface area contributed by atoms with Crippen molar-refractivity contribution in [3.05, 3.63) is 60.2 Å². The monoisotopic (exact) mass is 274 g/mol. The number of carbonyl (C=O) groups is 1. The van der Waals surface area contributed by atoms with Crippen LogP contribution in [0.1, 0.15) is 11.7 Å². The van der Waals surface area contributed by atoms with E-state index >= 15 is 0 Å². The normalized spacial score (nSPS) is 11.8. The van der Waals surface area contributed by atoms with Gasteiger partial charge in [0.2, 0.25) is 6.10 Å². The summed E-state index contributed by atoms with van der Waals surface area (Å²) in [6.07, 6.45) is 0.940. The number of hydrogen-bond acceptors (Lipinski definition) is 3. The van der Waals surface area contributed by atoms with E-state index in [1.54, 1.807) is 30.3 Å². The molecular formula is C15H14O3S. The van der Waals surface area contributed by atoms with E-state index in [0.29, 0.717) is 11.3 Å². The van der Waals surface area contributed by atoms with Crippen LogP contribution in [0.15, 0.2) is 59.5 Å². The molecule has 0 saturated heterocycles. The molecule has 1 atom stereocenters. The Labute approximate surface area is 116 Å². The molecular weight excluding hydrogens is 260 g/mol. The van der Waals surface area contributed by atoms with Gasteiger partial charge in [-0.05, 0) is 18.4 Å². The van der Waals surface area contributed by atoms with Crippen LogP contribution >= 0.6 is 11.8 Å². The van der Waals surface area contributed by atoms with Crippen LogP contribution in [0.5, 0.6) is 5.75 Å². The molecule has 0 aliphatic heterocycles.